The summed E-state index contributed by atoms with van der Waals surface area (Å²) in [6.45, 7) is 5.56. The van der Waals surface area contributed by atoms with Crippen molar-refractivity contribution >= 4 is 22.8 Å². The number of carbonyl (C=O) groups is 1. The van der Waals surface area contributed by atoms with Crippen molar-refractivity contribution in [2.45, 2.75) is 32.6 Å². The van der Waals surface area contributed by atoms with E-state index in [1.54, 1.807) is 0 Å². The van der Waals surface area contributed by atoms with Gasteiger partial charge >= 0.3 is 6.03 Å². The Morgan fingerprint density at radius 2 is 1.96 bits per heavy atom. The van der Waals surface area contributed by atoms with Gasteiger partial charge in [-0.1, -0.05) is 18.2 Å². The highest BCUT2D eigenvalue weighted by Gasteiger charge is 2.26. The number of nitrogens with zero attached hydrogens (tertiary/aromatic N) is 2. The maximum Gasteiger partial charge on any atom is 0.321 e. The number of imidazole rings is 1. The Hall–Kier alpha value is -2.82. The average Bonchev–Trinajstić information content (AvgIpc) is 3.05. The van der Waals surface area contributed by atoms with Crippen LogP contribution in [0.1, 0.15) is 35.7 Å². The highest BCUT2D eigenvalue weighted by Crippen LogP contribution is 2.27. The Morgan fingerprint density at radius 1 is 1.19 bits per heavy atom. The van der Waals surface area contributed by atoms with Gasteiger partial charge in [0.05, 0.1) is 11.0 Å². The van der Waals surface area contributed by atoms with Gasteiger partial charge < -0.3 is 15.2 Å². The first-order valence-electron chi connectivity index (χ1n) is 9.17. The van der Waals surface area contributed by atoms with Crippen molar-refractivity contribution in [3.05, 3.63) is 59.4 Å². The van der Waals surface area contributed by atoms with Crippen LogP contribution < -0.4 is 5.32 Å². The van der Waals surface area contributed by atoms with Gasteiger partial charge in [-0.25, -0.2) is 9.78 Å². The largest absolute Gasteiger partial charge is 0.342 e. The highest BCUT2D eigenvalue weighted by molar-refractivity contribution is 5.89. The summed E-state index contributed by atoms with van der Waals surface area (Å²) in [5.41, 5.74) is 5.20. The molecule has 26 heavy (non-hydrogen) atoms. The van der Waals surface area contributed by atoms with Crippen LogP contribution in [-0.4, -0.2) is 34.0 Å². The smallest absolute Gasteiger partial charge is 0.321 e. The molecule has 0 aliphatic carbocycles. The molecule has 2 aromatic carbocycles. The molecule has 1 atom stereocenters. The summed E-state index contributed by atoms with van der Waals surface area (Å²) in [6, 6.07) is 14.1. The van der Waals surface area contributed by atoms with Crippen LogP contribution >= 0.6 is 0 Å². The molecule has 0 spiro atoms. The average molecular weight is 348 g/mol. The summed E-state index contributed by atoms with van der Waals surface area (Å²) in [4.78, 5) is 22.8. The van der Waals surface area contributed by atoms with Crippen molar-refractivity contribution in [3.8, 4) is 0 Å². The molecule has 1 fully saturated rings. The van der Waals surface area contributed by atoms with Crippen LogP contribution in [0.4, 0.5) is 10.5 Å². The summed E-state index contributed by atoms with van der Waals surface area (Å²) >= 11 is 0. The monoisotopic (exact) mass is 348 g/mol. The molecule has 0 bridgehead atoms. The van der Waals surface area contributed by atoms with E-state index in [1.807, 2.05) is 55.1 Å². The lowest BCUT2D eigenvalue weighted by atomic mass is 9.97. The zero-order valence-corrected chi connectivity index (χ0v) is 15.2. The molecular weight excluding hydrogens is 324 g/mol. The molecule has 5 nitrogen and oxygen atoms in total. The molecule has 1 aromatic heterocycles. The Balaban J connectivity index is 1.48. The van der Waals surface area contributed by atoms with Crippen LogP contribution in [0.15, 0.2) is 42.5 Å². The zero-order chi connectivity index (χ0) is 18.1. The van der Waals surface area contributed by atoms with Crippen LogP contribution in [0.2, 0.25) is 0 Å². The molecule has 0 unspecified atom stereocenters. The number of piperidine rings is 1. The maximum absolute atomic E-state index is 12.7. The van der Waals surface area contributed by atoms with E-state index in [9.17, 15) is 4.79 Å². The first-order chi connectivity index (χ1) is 12.6. The fourth-order valence-corrected chi connectivity index (χ4v) is 3.80. The number of hydrogen-bond donors (Lipinski definition) is 2. The summed E-state index contributed by atoms with van der Waals surface area (Å²) < 4.78 is 0. The number of likely N-dealkylation sites (tertiary alicyclic amines) is 1. The first kappa shape index (κ1) is 16.6. The number of nitrogens with one attached hydrogen (secondary N) is 2. The third kappa shape index (κ3) is 3.43. The Morgan fingerprint density at radius 3 is 2.73 bits per heavy atom. The molecule has 1 aliphatic heterocycles. The van der Waals surface area contributed by atoms with Crippen LogP contribution in [0.5, 0.6) is 0 Å². The number of anilines is 1. The molecule has 1 aliphatic rings. The van der Waals surface area contributed by atoms with Crippen LogP contribution in [0.3, 0.4) is 0 Å². The van der Waals surface area contributed by atoms with Gasteiger partial charge in [-0.2, -0.15) is 0 Å². The molecule has 2 heterocycles. The van der Waals surface area contributed by atoms with Gasteiger partial charge in [0.15, 0.2) is 0 Å². The second-order valence-electron chi connectivity index (χ2n) is 7.23. The first-order valence-corrected chi connectivity index (χ1v) is 9.17. The Bertz CT molecular complexity index is 893. The van der Waals surface area contributed by atoms with Crippen molar-refractivity contribution < 1.29 is 4.79 Å². The van der Waals surface area contributed by atoms with Crippen molar-refractivity contribution in [2.24, 2.45) is 0 Å². The lowest BCUT2D eigenvalue weighted by Gasteiger charge is -2.32. The van der Waals surface area contributed by atoms with E-state index in [0.717, 1.165) is 53.1 Å². The van der Waals surface area contributed by atoms with Crippen LogP contribution in [0, 0.1) is 13.8 Å². The van der Waals surface area contributed by atoms with Gasteiger partial charge in [0.1, 0.15) is 5.82 Å². The normalized spacial score (nSPS) is 17.5. The fraction of sp³-hybridized carbons (Fsp3) is 0.333. The number of para-hydroxylation sites is 2. The number of aryl methyl sites for hydroxylation is 2. The number of aromatic nitrogens is 2. The van der Waals surface area contributed by atoms with Gasteiger partial charge in [0.25, 0.3) is 0 Å². The minimum atomic E-state index is -0.0317. The minimum Gasteiger partial charge on any atom is -0.342 e. The predicted octanol–water partition coefficient (Wildman–Crippen LogP) is 4.59. The molecule has 0 radical (unpaired) electrons. The molecular formula is C21H24N4O. The number of rotatable bonds is 2. The molecule has 3 aromatic rings. The molecule has 1 saturated heterocycles. The topological polar surface area (TPSA) is 61.0 Å². The van der Waals surface area contributed by atoms with Crippen LogP contribution in [-0.2, 0) is 0 Å². The number of H-pyrrole nitrogens is 1. The number of hydrogen-bond acceptors (Lipinski definition) is 2. The summed E-state index contributed by atoms with van der Waals surface area (Å²) in [5.74, 6) is 1.23. The standard InChI is InChI=1S/C21H24N4O/c1-14-10-15(2)12-17(11-14)22-21(26)25-9-5-6-16(13-25)20-23-18-7-3-4-8-19(18)24-20/h3-4,7-8,10-12,16H,5-6,9,13H2,1-2H3,(H,22,26)(H,23,24)/t16-/m0/s1. The second kappa shape index (κ2) is 6.83. The van der Waals surface area contributed by atoms with Gasteiger partial charge in [0.2, 0.25) is 0 Å². The molecule has 0 saturated carbocycles. The quantitative estimate of drug-likeness (QED) is 0.711. The van der Waals surface area contributed by atoms with Crippen molar-refractivity contribution in [1.82, 2.24) is 14.9 Å². The number of amides is 2. The molecule has 5 heteroatoms. The molecule has 4 rings (SSSR count). The SMILES string of the molecule is Cc1cc(C)cc(NC(=O)N2CCC[C@H](c3nc4ccccc4[nH]3)C2)c1. The summed E-state index contributed by atoms with van der Waals surface area (Å²) in [7, 11) is 0. The van der Waals surface area contributed by atoms with Gasteiger partial charge in [-0.3, -0.25) is 0 Å². The zero-order valence-electron chi connectivity index (χ0n) is 15.2. The third-order valence-electron chi connectivity index (χ3n) is 4.98. The molecule has 2 N–H and O–H groups in total. The van der Waals surface area contributed by atoms with E-state index in [4.69, 9.17) is 4.98 Å². The lowest BCUT2D eigenvalue weighted by molar-refractivity contribution is 0.191. The number of carbonyl (C=O) groups excluding carboxylic acids is 1. The van der Waals surface area contributed by atoms with E-state index in [-0.39, 0.29) is 11.9 Å². The van der Waals surface area contributed by atoms with Crippen molar-refractivity contribution in [2.75, 3.05) is 18.4 Å². The van der Waals surface area contributed by atoms with E-state index in [1.165, 1.54) is 0 Å². The fourth-order valence-electron chi connectivity index (χ4n) is 3.80. The van der Waals surface area contributed by atoms with Gasteiger partial charge in [-0.15, -0.1) is 0 Å². The third-order valence-corrected chi connectivity index (χ3v) is 4.98. The minimum absolute atomic E-state index is 0.0317. The van der Waals surface area contributed by atoms with Crippen LogP contribution in [0.25, 0.3) is 11.0 Å². The van der Waals surface area contributed by atoms with E-state index < -0.39 is 0 Å². The number of urea groups is 1. The summed E-state index contributed by atoms with van der Waals surface area (Å²) in [5, 5.41) is 3.05. The van der Waals surface area contributed by atoms with Gasteiger partial charge in [0, 0.05) is 24.7 Å². The molecule has 2 amide bonds. The Labute approximate surface area is 153 Å². The highest BCUT2D eigenvalue weighted by atomic mass is 16.2. The molecule has 134 valence electrons. The Kier molecular flexibility index (Phi) is 4.37. The number of aromatic amines is 1. The van der Waals surface area contributed by atoms with E-state index >= 15 is 0 Å². The van der Waals surface area contributed by atoms with E-state index in [2.05, 4.69) is 16.4 Å². The van der Waals surface area contributed by atoms with Crippen molar-refractivity contribution in [1.29, 1.82) is 0 Å². The number of benzene rings is 2. The second-order valence-corrected chi connectivity index (χ2v) is 7.23. The van der Waals surface area contributed by atoms with Gasteiger partial charge in [-0.05, 0) is 62.1 Å². The maximum atomic E-state index is 12.7. The number of fused-ring (bicyclic) bond motifs is 1. The van der Waals surface area contributed by atoms with E-state index in [0.29, 0.717) is 6.54 Å². The lowest BCUT2D eigenvalue weighted by Crippen LogP contribution is -2.41. The predicted molar refractivity (Wildman–Crippen MR) is 105 cm³/mol. The van der Waals surface area contributed by atoms with Crippen molar-refractivity contribution in [3.63, 3.8) is 0 Å². The summed E-state index contributed by atoms with van der Waals surface area (Å²) in [6.07, 6.45) is 2.04.